The lowest BCUT2D eigenvalue weighted by atomic mass is 10.0. The van der Waals surface area contributed by atoms with Crippen molar-refractivity contribution < 1.29 is 13.9 Å². The standard InChI is InChI=1S/C21H20FN3O2/c1-3-15(12-23)21(26)25-14(2)20(16-7-5-4-6-8-16)27-19-11-18(22)10-9-17(19)13-24/h4-11,14-15,20H,3H2,1-2H3,(H,25,26)/t14-,15?,20-/m1/s1. The average Bonchev–Trinajstić information content (AvgIpc) is 2.67. The molecule has 0 bridgehead atoms. The molecular formula is C21H20FN3O2. The van der Waals surface area contributed by atoms with Gasteiger partial charge in [0, 0.05) is 6.07 Å². The Labute approximate surface area is 158 Å². The number of ether oxygens (including phenoxy) is 1. The number of hydrogen-bond donors (Lipinski definition) is 1. The Balaban J connectivity index is 2.33. The van der Waals surface area contributed by atoms with Crippen LogP contribution in [0.15, 0.2) is 48.5 Å². The summed E-state index contributed by atoms with van der Waals surface area (Å²) in [5.74, 6) is -1.58. The Morgan fingerprint density at radius 2 is 1.93 bits per heavy atom. The molecule has 1 unspecified atom stereocenters. The van der Waals surface area contributed by atoms with Crippen LogP contribution in [0.4, 0.5) is 4.39 Å². The molecule has 0 aliphatic rings. The number of benzene rings is 2. The van der Waals surface area contributed by atoms with Crippen molar-refractivity contribution in [3.8, 4) is 17.9 Å². The van der Waals surface area contributed by atoms with Crippen LogP contribution in [0.25, 0.3) is 0 Å². The Morgan fingerprint density at radius 3 is 2.52 bits per heavy atom. The third kappa shape index (κ3) is 5.05. The Hall–Kier alpha value is -3.38. The summed E-state index contributed by atoms with van der Waals surface area (Å²) in [4.78, 5) is 12.3. The second-order valence-corrected chi connectivity index (χ2v) is 6.09. The zero-order valence-corrected chi connectivity index (χ0v) is 15.1. The molecule has 3 atom stereocenters. The Kier molecular flexibility index (Phi) is 6.91. The van der Waals surface area contributed by atoms with Crippen molar-refractivity contribution in [1.29, 1.82) is 10.5 Å². The number of nitriles is 2. The average molecular weight is 365 g/mol. The number of carbonyl (C=O) groups is 1. The maximum Gasteiger partial charge on any atom is 0.237 e. The van der Waals surface area contributed by atoms with E-state index in [0.29, 0.717) is 6.42 Å². The highest BCUT2D eigenvalue weighted by atomic mass is 19.1. The SMILES string of the molecule is CCC(C#N)C(=O)N[C@H](C)[C@@H](Oc1cc(F)ccc1C#N)c1ccccc1. The predicted molar refractivity (Wildman–Crippen MR) is 97.9 cm³/mol. The second-order valence-electron chi connectivity index (χ2n) is 6.09. The number of carbonyl (C=O) groups excluding carboxylic acids is 1. The first-order valence-corrected chi connectivity index (χ1v) is 8.61. The van der Waals surface area contributed by atoms with Crippen molar-refractivity contribution in [1.82, 2.24) is 5.32 Å². The van der Waals surface area contributed by atoms with Gasteiger partial charge in [-0.1, -0.05) is 37.3 Å². The van der Waals surface area contributed by atoms with E-state index in [1.807, 2.05) is 42.5 Å². The van der Waals surface area contributed by atoms with Crippen LogP contribution in [0.5, 0.6) is 5.75 Å². The van der Waals surface area contributed by atoms with Gasteiger partial charge in [-0.05, 0) is 31.0 Å². The molecule has 0 heterocycles. The number of halogens is 1. The van der Waals surface area contributed by atoms with E-state index in [9.17, 15) is 14.4 Å². The third-order valence-corrected chi connectivity index (χ3v) is 4.15. The molecule has 0 aliphatic heterocycles. The predicted octanol–water partition coefficient (Wildman–Crippen LogP) is 3.87. The largest absolute Gasteiger partial charge is 0.482 e. The van der Waals surface area contributed by atoms with Gasteiger partial charge in [-0.15, -0.1) is 0 Å². The molecule has 1 amide bonds. The zero-order chi connectivity index (χ0) is 19.8. The van der Waals surface area contributed by atoms with Crippen molar-refractivity contribution in [2.24, 2.45) is 5.92 Å². The molecule has 0 saturated carbocycles. The monoisotopic (exact) mass is 365 g/mol. The highest BCUT2D eigenvalue weighted by Gasteiger charge is 2.26. The zero-order valence-electron chi connectivity index (χ0n) is 15.1. The molecule has 2 rings (SSSR count). The minimum atomic E-state index is -0.757. The van der Waals surface area contributed by atoms with Crippen LogP contribution in [-0.2, 0) is 4.79 Å². The highest BCUT2D eigenvalue weighted by molar-refractivity contribution is 5.81. The number of nitrogens with zero attached hydrogens (tertiary/aromatic N) is 2. The summed E-state index contributed by atoms with van der Waals surface area (Å²) in [6, 6.07) is 16.2. The molecule has 6 heteroatoms. The lowest BCUT2D eigenvalue weighted by Crippen LogP contribution is -2.41. The molecule has 2 aromatic carbocycles. The van der Waals surface area contributed by atoms with Gasteiger partial charge >= 0.3 is 0 Å². The van der Waals surface area contributed by atoms with Gasteiger partial charge < -0.3 is 10.1 Å². The number of amides is 1. The molecule has 138 valence electrons. The van der Waals surface area contributed by atoms with E-state index in [4.69, 9.17) is 10.00 Å². The van der Waals surface area contributed by atoms with Gasteiger partial charge in [0.25, 0.3) is 0 Å². The first kappa shape index (κ1) is 19.9. The minimum Gasteiger partial charge on any atom is -0.482 e. The normalized spacial score (nSPS) is 13.5. The van der Waals surface area contributed by atoms with Crippen LogP contribution in [0, 0.1) is 34.4 Å². The molecular weight excluding hydrogens is 345 g/mol. The number of hydrogen-bond acceptors (Lipinski definition) is 4. The third-order valence-electron chi connectivity index (χ3n) is 4.15. The van der Waals surface area contributed by atoms with Crippen LogP contribution >= 0.6 is 0 Å². The van der Waals surface area contributed by atoms with Gasteiger partial charge in [0.2, 0.25) is 5.91 Å². The van der Waals surface area contributed by atoms with E-state index in [1.165, 1.54) is 12.1 Å². The molecule has 27 heavy (non-hydrogen) atoms. The van der Waals surface area contributed by atoms with E-state index < -0.39 is 29.8 Å². The first-order chi connectivity index (χ1) is 13.0. The minimum absolute atomic E-state index is 0.0970. The van der Waals surface area contributed by atoms with Crippen molar-refractivity contribution in [3.63, 3.8) is 0 Å². The van der Waals surface area contributed by atoms with Crippen LogP contribution in [0.3, 0.4) is 0 Å². The summed E-state index contributed by atoms with van der Waals surface area (Å²) in [5.41, 5.74) is 0.947. The van der Waals surface area contributed by atoms with Crippen molar-refractivity contribution in [2.75, 3.05) is 0 Å². The molecule has 5 nitrogen and oxygen atoms in total. The molecule has 2 aromatic rings. The fourth-order valence-corrected chi connectivity index (χ4v) is 2.66. The Morgan fingerprint density at radius 1 is 1.22 bits per heavy atom. The van der Waals surface area contributed by atoms with E-state index in [0.717, 1.165) is 11.6 Å². The van der Waals surface area contributed by atoms with Gasteiger partial charge in [-0.25, -0.2) is 4.39 Å². The molecule has 0 saturated heterocycles. The van der Waals surface area contributed by atoms with Crippen molar-refractivity contribution in [2.45, 2.75) is 32.4 Å². The summed E-state index contributed by atoms with van der Waals surface area (Å²) in [6.45, 7) is 3.50. The maximum atomic E-state index is 13.6. The summed E-state index contributed by atoms with van der Waals surface area (Å²) < 4.78 is 19.6. The van der Waals surface area contributed by atoms with E-state index in [1.54, 1.807) is 13.8 Å². The molecule has 0 fully saturated rings. The Bertz CT molecular complexity index is 871. The van der Waals surface area contributed by atoms with E-state index >= 15 is 0 Å². The van der Waals surface area contributed by atoms with Crippen LogP contribution in [-0.4, -0.2) is 11.9 Å². The molecule has 0 spiro atoms. The summed E-state index contributed by atoms with van der Waals surface area (Å²) in [5, 5.41) is 21.1. The van der Waals surface area contributed by atoms with Gasteiger partial charge in [-0.3, -0.25) is 4.79 Å². The summed E-state index contributed by atoms with van der Waals surface area (Å²) in [6.07, 6.45) is -0.269. The molecule has 0 aromatic heterocycles. The van der Waals surface area contributed by atoms with E-state index in [-0.39, 0.29) is 11.3 Å². The quantitative estimate of drug-likeness (QED) is 0.807. The first-order valence-electron chi connectivity index (χ1n) is 8.61. The summed E-state index contributed by atoms with van der Waals surface area (Å²) >= 11 is 0. The molecule has 0 aliphatic carbocycles. The van der Waals surface area contributed by atoms with Gasteiger partial charge in [0.05, 0.1) is 17.7 Å². The van der Waals surface area contributed by atoms with Gasteiger partial charge in [0.15, 0.2) is 0 Å². The lowest BCUT2D eigenvalue weighted by molar-refractivity contribution is -0.124. The number of nitrogens with one attached hydrogen (secondary N) is 1. The van der Waals surface area contributed by atoms with Crippen LogP contribution in [0.1, 0.15) is 37.5 Å². The number of rotatable bonds is 7. The second kappa shape index (κ2) is 9.35. The lowest BCUT2D eigenvalue weighted by Gasteiger charge is -2.27. The maximum absolute atomic E-state index is 13.6. The summed E-state index contributed by atoms with van der Waals surface area (Å²) in [7, 11) is 0. The van der Waals surface area contributed by atoms with Crippen LogP contribution < -0.4 is 10.1 Å². The smallest absolute Gasteiger partial charge is 0.237 e. The van der Waals surface area contributed by atoms with Crippen LogP contribution in [0.2, 0.25) is 0 Å². The molecule has 1 N–H and O–H groups in total. The van der Waals surface area contributed by atoms with Crippen molar-refractivity contribution >= 4 is 5.91 Å². The highest BCUT2D eigenvalue weighted by Crippen LogP contribution is 2.28. The van der Waals surface area contributed by atoms with E-state index in [2.05, 4.69) is 5.32 Å². The topological polar surface area (TPSA) is 85.9 Å². The fraction of sp³-hybridized carbons (Fsp3) is 0.286. The van der Waals surface area contributed by atoms with Gasteiger partial charge in [-0.2, -0.15) is 10.5 Å². The fourth-order valence-electron chi connectivity index (χ4n) is 2.66. The van der Waals surface area contributed by atoms with Gasteiger partial charge in [0.1, 0.15) is 29.7 Å². The van der Waals surface area contributed by atoms with Crippen molar-refractivity contribution in [3.05, 3.63) is 65.5 Å². The molecule has 0 radical (unpaired) electrons.